The Kier molecular flexibility index (Phi) is 3.01. The molecule has 20 heavy (non-hydrogen) atoms. The first kappa shape index (κ1) is 12.8. The highest BCUT2D eigenvalue weighted by Gasteiger charge is 2.12. The second kappa shape index (κ2) is 4.71. The summed E-state index contributed by atoms with van der Waals surface area (Å²) in [6.45, 7) is 2.05. The van der Waals surface area contributed by atoms with Gasteiger partial charge in [-0.1, -0.05) is 5.16 Å². The van der Waals surface area contributed by atoms with Crippen molar-refractivity contribution in [1.82, 2.24) is 19.7 Å². The van der Waals surface area contributed by atoms with Gasteiger partial charge in [0.15, 0.2) is 22.2 Å². The van der Waals surface area contributed by atoms with Crippen LogP contribution in [-0.2, 0) is 6.54 Å². The number of ether oxygens (including phenoxy) is 1. The fourth-order valence-electron chi connectivity index (χ4n) is 2.02. The first-order valence-corrected chi connectivity index (χ1v) is 6.24. The normalized spacial score (nSPS) is 11.2. The van der Waals surface area contributed by atoms with E-state index in [0.717, 1.165) is 5.52 Å². The van der Waals surface area contributed by atoms with Gasteiger partial charge in [0.25, 0.3) is 0 Å². The van der Waals surface area contributed by atoms with E-state index in [1.807, 2.05) is 0 Å². The SMILES string of the molecule is COc1cc2c(cc1F)[nH]c(=S)n2Cc1noc(C)n1. The molecule has 0 saturated heterocycles. The predicted octanol–water partition coefficient (Wildman–Crippen LogP) is 2.59. The first-order valence-electron chi connectivity index (χ1n) is 5.83. The van der Waals surface area contributed by atoms with Crippen molar-refractivity contribution in [2.45, 2.75) is 13.5 Å². The molecule has 0 aliphatic rings. The van der Waals surface area contributed by atoms with Crippen LogP contribution in [0, 0.1) is 17.5 Å². The number of halogens is 1. The summed E-state index contributed by atoms with van der Waals surface area (Å²) in [4.78, 5) is 7.07. The van der Waals surface area contributed by atoms with Crippen molar-refractivity contribution in [2.24, 2.45) is 0 Å². The highest BCUT2D eigenvalue weighted by Crippen LogP contribution is 2.24. The van der Waals surface area contributed by atoms with Crippen LogP contribution in [0.4, 0.5) is 4.39 Å². The fourth-order valence-corrected chi connectivity index (χ4v) is 2.29. The van der Waals surface area contributed by atoms with E-state index in [4.69, 9.17) is 21.5 Å². The number of hydrogen-bond acceptors (Lipinski definition) is 5. The van der Waals surface area contributed by atoms with Gasteiger partial charge in [0.1, 0.15) is 0 Å². The number of hydrogen-bond donors (Lipinski definition) is 1. The number of H-pyrrole nitrogens is 1. The zero-order valence-corrected chi connectivity index (χ0v) is 11.6. The summed E-state index contributed by atoms with van der Waals surface area (Å²) < 4.78 is 25.8. The molecule has 0 atom stereocenters. The number of aryl methyl sites for hydroxylation is 1. The molecule has 0 unspecified atom stereocenters. The van der Waals surface area contributed by atoms with Crippen molar-refractivity contribution >= 4 is 23.3 Å². The molecule has 0 aliphatic carbocycles. The number of aromatic amines is 1. The maximum absolute atomic E-state index is 13.7. The molecule has 0 bridgehead atoms. The molecule has 3 aromatic rings. The summed E-state index contributed by atoms with van der Waals surface area (Å²) in [5.41, 5.74) is 1.31. The van der Waals surface area contributed by atoms with Crippen LogP contribution in [0.2, 0.25) is 0 Å². The highest BCUT2D eigenvalue weighted by atomic mass is 32.1. The molecule has 0 saturated carbocycles. The van der Waals surface area contributed by atoms with Crippen molar-refractivity contribution in [3.8, 4) is 5.75 Å². The number of imidazole rings is 1. The quantitative estimate of drug-likeness (QED) is 0.752. The van der Waals surface area contributed by atoms with E-state index < -0.39 is 5.82 Å². The zero-order valence-electron chi connectivity index (χ0n) is 10.8. The summed E-state index contributed by atoms with van der Waals surface area (Å²) >= 11 is 5.24. The van der Waals surface area contributed by atoms with Gasteiger partial charge in [-0.05, 0) is 12.2 Å². The monoisotopic (exact) mass is 294 g/mol. The van der Waals surface area contributed by atoms with Crippen molar-refractivity contribution in [3.05, 3.63) is 34.4 Å². The van der Waals surface area contributed by atoms with Gasteiger partial charge in [-0.2, -0.15) is 4.98 Å². The molecule has 0 radical (unpaired) electrons. The molecule has 2 aromatic heterocycles. The number of nitrogens with zero attached hydrogens (tertiary/aromatic N) is 3. The van der Waals surface area contributed by atoms with E-state index in [1.165, 1.54) is 13.2 Å². The average Bonchev–Trinajstić information content (AvgIpc) is 2.94. The number of rotatable bonds is 3. The van der Waals surface area contributed by atoms with Gasteiger partial charge in [-0.25, -0.2) is 4.39 Å². The average molecular weight is 294 g/mol. The van der Waals surface area contributed by atoms with Crippen LogP contribution in [0.25, 0.3) is 11.0 Å². The maximum atomic E-state index is 13.7. The number of fused-ring (bicyclic) bond motifs is 1. The standard InChI is InChI=1S/C12H11FN4O2S/c1-6-14-11(16-19-6)5-17-9-4-10(18-2)7(13)3-8(9)15-12(17)20/h3-4H,5H2,1-2H3,(H,15,20). The van der Waals surface area contributed by atoms with E-state index in [0.29, 0.717) is 28.5 Å². The van der Waals surface area contributed by atoms with E-state index in [9.17, 15) is 4.39 Å². The number of nitrogens with one attached hydrogen (secondary N) is 1. The third-order valence-corrected chi connectivity index (χ3v) is 3.24. The van der Waals surface area contributed by atoms with E-state index >= 15 is 0 Å². The van der Waals surface area contributed by atoms with Gasteiger partial charge in [0, 0.05) is 19.1 Å². The lowest BCUT2D eigenvalue weighted by molar-refractivity contribution is 0.385. The van der Waals surface area contributed by atoms with Gasteiger partial charge in [-0.15, -0.1) is 0 Å². The maximum Gasteiger partial charge on any atom is 0.223 e. The Morgan fingerprint density at radius 3 is 2.95 bits per heavy atom. The molecular weight excluding hydrogens is 283 g/mol. The fraction of sp³-hybridized carbons (Fsp3) is 0.250. The van der Waals surface area contributed by atoms with Crippen LogP contribution in [0.15, 0.2) is 16.7 Å². The molecule has 2 heterocycles. The number of methoxy groups -OCH3 is 1. The third-order valence-electron chi connectivity index (χ3n) is 2.92. The lowest BCUT2D eigenvalue weighted by Crippen LogP contribution is -2.02. The second-order valence-electron chi connectivity index (χ2n) is 4.25. The lowest BCUT2D eigenvalue weighted by Gasteiger charge is -2.04. The summed E-state index contributed by atoms with van der Waals surface area (Å²) in [6, 6.07) is 2.94. The highest BCUT2D eigenvalue weighted by molar-refractivity contribution is 7.71. The summed E-state index contributed by atoms with van der Waals surface area (Å²) in [6.07, 6.45) is 0. The van der Waals surface area contributed by atoms with Crippen LogP contribution in [-0.4, -0.2) is 26.8 Å². The van der Waals surface area contributed by atoms with Crippen molar-refractivity contribution in [1.29, 1.82) is 0 Å². The molecule has 8 heteroatoms. The first-order chi connectivity index (χ1) is 9.58. The van der Waals surface area contributed by atoms with Crippen LogP contribution < -0.4 is 4.74 Å². The molecule has 1 aromatic carbocycles. The Balaban J connectivity index is 2.14. The van der Waals surface area contributed by atoms with Crippen LogP contribution in [0.3, 0.4) is 0 Å². The molecule has 0 amide bonds. The molecule has 6 nitrogen and oxygen atoms in total. The third kappa shape index (κ3) is 2.07. The summed E-state index contributed by atoms with van der Waals surface area (Å²) in [7, 11) is 1.42. The van der Waals surface area contributed by atoms with E-state index in [-0.39, 0.29) is 5.75 Å². The van der Waals surface area contributed by atoms with Crippen molar-refractivity contribution in [2.75, 3.05) is 7.11 Å². The molecular formula is C12H11FN4O2S. The molecule has 0 spiro atoms. The Morgan fingerprint density at radius 1 is 1.50 bits per heavy atom. The minimum absolute atomic E-state index is 0.157. The van der Waals surface area contributed by atoms with Gasteiger partial charge in [0.2, 0.25) is 5.89 Å². The van der Waals surface area contributed by atoms with Crippen molar-refractivity contribution < 1.29 is 13.7 Å². The molecule has 1 N–H and O–H groups in total. The molecule has 0 aliphatic heterocycles. The van der Waals surface area contributed by atoms with E-state index in [2.05, 4.69) is 15.1 Å². The topological polar surface area (TPSA) is 68.9 Å². The van der Waals surface area contributed by atoms with Crippen molar-refractivity contribution in [3.63, 3.8) is 0 Å². The second-order valence-corrected chi connectivity index (χ2v) is 4.64. The van der Waals surface area contributed by atoms with Gasteiger partial charge in [0.05, 0.1) is 24.7 Å². The van der Waals surface area contributed by atoms with Crippen LogP contribution in [0.5, 0.6) is 5.75 Å². The Labute approximate surface area is 118 Å². The Bertz CT molecular complexity index is 836. The zero-order chi connectivity index (χ0) is 14.3. The lowest BCUT2D eigenvalue weighted by atomic mass is 10.3. The largest absolute Gasteiger partial charge is 0.494 e. The van der Waals surface area contributed by atoms with Gasteiger partial charge < -0.3 is 18.8 Å². The number of benzene rings is 1. The summed E-state index contributed by atoms with van der Waals surface area (Å²) in [5, 5.41) is 3.83. The van der Waals surface area contributed by atoms with Gasteiger partial charge >= 0.3 is 0 Å². The van der Waals surface area contributed by atoms with Gasteiger partial charge in [-0.3, -0.25) is 0 Å². The smallest absolute Gasteiger partial charge is 0.223 e. The molecule has 0 fully saturated rings. The summed E-state index contributed by atoms with van der Waals surface area (Å²) in [5.74, 6) is 0.695. The van der Waals surface area contributed by atoms with Crippen LogP contribution in [0.1, 0.15) is 11.7 Å². The Morgan fingerprint density at radius 2 is 2.30 bits per heavy atom. The van der Waals surface area contributed by atoms with Crippen LogP contribution >= 0.6 is 12.2 Å². The van der Waals surface area contributed by atoms with E-state index in [1.54, 1.807) is 17.6 Å². The number of aromatic nitrogens is 4. The minimum Gasteiger partial charge on any atom is -0.494 e. The Hall–Kier alpha value is -2.22. The minimum atomic E-state index is -0.446. The molecule has 3 rings (SSSR count). The predicted molar refractivity (Wildman–Crippen MR) is 71.8 cm³/mol. The molecule has 104 valence electrons.